The second-order valence-electron chi connectivity index (χ2n) is 5.70. The summed E-state index contributed by atoms with van der Waals surface area (Å²) in [7, 11) is 0. The van der Waals surface area contributed by atoms with E-state index in [1.165, 1.54) is 0 Å². The van der Waals surface area contributed by atoms with Crippen LogP contribution >= 0.6 is 0 Å². The number of aryl methyl sites for hydroxylation is 1. The number of aromatic nitrogens is 4. The zero-order valence-electron chi connectivity index (χ0n) is 12.7. The van der Waals surface area contributed by atoms with Crippen molar-refractivity contribution in [2.45, 2.75) is 46.2 Å². The molecule has 0 radical (unpaired) electrons. The van der Waals surface area contributed by atoms with Crippen molar-refractivity contribution in [3.63, 3.8) is 0 Å². The maximum atomic E-state index is 5.94. The second kappa shape index (κ2) is 6.70. The van der Waals surface area contributed by atoms with Gasteiger partial charge in [-0.1, -0.05) is 20.8 Å². The highest BCUT2D eigenvalue weighted by atomic mass is 15.3. The number of rotatable bonds is 7. The van der Waals surface area contributed by atoms with Crippen molar-refractivity contribution in [3.05, 3.63) is 24.9 Å². The molecular weight excluding hydrogens is 250 g/mol. The van der Waals surface area contributed by atoms with Crippen LogP contribution in [0.25, 0.3) is 11.3 Å². The lowest BCUT2D eigenvalue weighted by Crippen LogP contribution is -2.21. The van der Waals surface area contributed by atoms with Gasteiger partial charge in [-0.3, -0.25) is 4.68 Å². The van der Waals surface area contributed by atoms with Crippen molar-refractivity contribution in [2.75, 3.05) is 6.54 Å². The van der Waals surface area contributed by atoms with E-state index in [2.05, 4.69) is 41.6 Å². The molecule has 0 bridgehead atoms. The van der Waals surface area contributed by atoms with Crippen molar-refractivity contribution in [3.8, 4) is 11.3 Å². The third-order valence-electron chi connectivity index (χ3n) is 3.46. The van der Waals surface area contributed by atoms with Crippen molar-refractivity contribution < 1.29 is 0 Å². The molecule has 5 nitrogen and oxygen atoms in total. The third-order valence-corrected chi connectivity index (χ3v) is 3.46. The van der Waals surface area contributed by atoms with E-state index in [1.54, 1.807) is 0 Å². The van der Waals surface area contributed by atoms with E-state index in [0.29, 0.717) is 18.5 Å². The Morgan fingerprint density at radius 2 is 2.10 bits per heavy atom. The number of hydrogen-bond donors (Lipinski definition) is 1. The summed E-state index contributed by atoms with van der Waals surface area (Å²) in [6.45, 7) is 8.17. The van der Waals surface area contributed by atoms with Gasteiger partial charge in [0.25, 0.3) is 0 Å². The molecular formula is C15H25N5. The lowest BCUT2D eigenvalue weighted by molar-refractivity contribution is 0.410. The molecule has 5 heteroatoms. The fourth-order valence-corrected chi connectivity index (χ4v) is 2.53. The zero-order valence-corrected chi connectivity index (χ0v) is 12.7. The largest absolute Gasteiger partial charge is 0.328 e. The first-order chi connectivity index (χ1) is 9.65. The SMILES string of the molecule is CCCn1cc(-c2cncn2C(CN)CC(C)C)cn1. The molecule has 1 atom stereocenters. The van der Waals surface area contributed by atoms with Gasteiger partial charge >= 0.3 is 0 Å². The minimum Gasteiger partial charge on any atom is -0.328 e. The molecule has 2 heterocycles. The number of nitrogens with two attached hydrogens (primary N) is 1. The van der Waals surface area contributed by atoms with E-state index in [0.717, 1.165) is 30.6 Å². The predicted molar refractivity (Wildman–Crippen MR) is 81.3 cm³/mol. The molecule has 20 heavy (non-hydrogen) atoms. The average Bonchev–Trinajstić information content (AvgIpc) is 3.04. The Balaban J connectivity index is 2.26. The summed E-state index contributed by atoms with van der Waals surface area (Å²) in [6.07, 6.45) is 9.91. The summed E-state index contributed by atoms with van der Waals surface area (Å²) in [5, 5.41) is 4.39. The van der Waals surface area contributed by atoms with Crippen LogP contribution in [0.4, 0.5) is 0 Å². The summed E-state index contributed by atoms with van der Waals surface area (Å²) in [5.74, 6) is 0.613. The molecule has 0 saturated heterocycles. The first kappa shape index (κ1) is 14.8. The standard InChI is InChI=1S/C15H25N5/c1-4-5-19-10-13(8-18-19)15-9-17-11-20(15)14(7-16)6-12(2)3/h8-12,14H,4-7,16H2,1-3H3. The highest BCUT2D eigenvalue weighted by Crippen LogP contribution is 2.25. The highest BCUT2D eigenvalue weighted by molar-refractivity contribution is 5.56. The molecule has 0 amide bonds. The lowest BCUT2D eigenvalue weighted by atomic mass is 10.0. The molecule has 0 aliphatic carbocycles. The summed E-state index contributed by atoms with van der Waals surface area (Å²) in [5.41, 5.74) is 8.15. The van der Waals surface area contributed by atoms with Gasteiger partial charge in [0.1, 0.15) is 0 Å². The second-order valence-corrected chi connectivity index (χ2v) is 5.70. The van der Waals surface area contributed by atoms with E-state index < -0.39 is 0 Å². The van der Waals surface area contributed by atoms with E-state index >= 15 is 0 Å². The first-order valence-corrected chi connectivity index (χ1v) is 7.40. The van der Waals surface area contributed by atoms with Gasteiger partial charge in [-0.25, -0.2) is 4.98 Å². The normalized spacial score (nSPS) is 13.1. The first-order valence-electron chi connectivity index (χ1n) is 7.40. The molecule has 2 rings (SSSR count). The average molecular weight is 275 g/mol. The molecule has 1 unspecified atom stereocenters. The van der Waals surface area contributed by atoms with E-state index in [-0.39, 0.29) is 0 Å². The number of imidazole rings is 1. The summed E-state index contributed by atoms with van der Waals surface area (Å²) in [4.78, 5) is 4.30. The monoisotopic (exact) mass is 275 g/mol. The molecule has 2 aromatic heterocycles. The third kappa shape index (κ3) is 3.28. The van der Waals surface area contributed by atoms with Gasteiger partial charge in [0.2, 0.25) is 0 Å². The molecule has 110 valence electrons. The summed E-state index contributed by atoms with van der Waals surface area (Å²) < 4.78 is 4.17. The van der Waals surface area contributed by atoms with Gasteiger partial charge in [-0.15, -0.1) is 0 Å². The number of nitrogens with zero attached hydrogens (tertiary/aromatic N) is 4. The quantitative estimate of drug-likeness (QED) is 0.845. The van der Waals surface area contributed by atoms with Crippen LogP contribution in [0.2, 0.25) is 0 Å². The van der Waals surface area contributed by atoms with Gasteiger partial charge in [-0.2, -0.15) is 5.10 Å². The fourth-order valence-electron chi connectivity index (χ4n) is 2.53. The number of hydrogen-bond acceptors (Lipinski definition) is 3. The molecule has 2 N–H and O–H groups in total. The van der Waals surface area contributed by atoms with Crippen LogP contribution in [0.3, 0.4) is 0 Å². The smallest absolute Gasteiger partial charge is 0.0954 e. The highest BCUT2D eigenvalue weighted by Gasteiger charge is 2.16. The topological polar surface area (TPSA) is 61.7 Å². The van der Waals surface area contributed by atoms with Gasteiger partial charge in [0, 0.05) is 30.9 Å². The predicted octanol–water partition coefficient (Wildman–Crippen LogP) is 2.70. The van der Waals surface area contributed by atoms with Gasteiger partial charge < -0.3 is 10.3 Å². The summed E-state index contributed by atoms with van der Waals surface area (Å²) in [6, 6.07) is 0.294. The molecule has 0 fully saturated rings. The van der Waals surface area contributed by atoms with E-state index in [1.807, 2.05) is 23.4 Å². The van der Waals surface area contributed by atoms with Crippen LogP contribution in [-0.2, 0) is 6.54 Å². The van der Waals surface area contributed by atoms with Crippen molar-refractivity contribution in [2.24, 2.45) is 11.7 Å². The minimum absolute atomic E-state index is 0.294. The van der Waals surface area contributed by atoms with Gasteiger partial charge in [-0.05, 0) is 18.8 Å². The van der Waals surface area contributed by atoms with Crippen molar-refractivity contribution in [1.29, 1.82) is 0 Å². The van der Waals surface area contributed by atoms with Crippen LogP contribution in [-0.4, -0.2) is 25.9 Å². The Kier molecular flexibility index (Phi) is 4.95. The van der Waals surface area contributed by atoms with Crippen molar-refractivity contribution >= 4 is 0 Å². The Labute approximate surface area is 120 Å². The van der Waals surface area contributed by atoms with Gasteiger partial charge in [0.15, 0.2) is 0 Å². The molecule has 0 aromatic carbocycles. The summed E-state index contributed by atoms with van der Waals surface area (Å²) >= 11 is 0. The minimum atomic E-state index is 0.294. The molecule has 0 aliphatic heterocycles. The van der Waals surface area contributed by atoms with E-state index in [4.69, 9.17) is 5.73 Å². The van der Waals surface area contributed by atoms with Crippen LogP contribution in [0.5, 0.6) is 0 Å². The Morgan fingerprint density at radius 3 is 2.75 bits per heavy atom. The molecule has 0 spiro atoms. The maximum Gasteiger partial charge on any atom is 0.0954 e. The van der Waals surface area contributed by atoms with Crippen LogP contribution in [0, 0.1) is 5.92 Å². The Bertz CT molecular complexity index is 526. The van der Waals surface area contributed by atoms with Crippen LogP contribution in [0.15, 0.2) is 24.9 Å². The van der Waals surface area contributed by atoms with Crippen LogP contribution in [0.1, 0.15) is 39.7 Å². The van der Waals surface area contributed by atoms with E-state index in [9.17, 15) is 0 Å². The van der Waals surface area contributed by atoms with Crippen molar-refractivity contribution in [1.82, 2.24) is 19.3 Å². The van der Waals surface area contributed by atoms with Crippen LogP contribution < -0.4 is 5.73 Å². The van der Waals surface area contributed by atoms with Gasteiger partial charge in [0.05, 0.1) is 24.4 Å². The zero-order chi connectivity index (χ0) is 14.5. The Hall–Kier alpha value is -1.62. The molecule has 0 saturated carbocycles. The maximum absolute atomic E-state index is 5.94. The molecule has 2 aromatic rings. The lowest BCUT2D eigenvalue weighted by Gasteiger charge is -2.20. The molecule has 0 aliphatic rings. The fraction of sp³-hybridized carbons (Fsp3) is 0.600. The Morgan fingerprint density at radius 1 is 1.30 bits per heavy atom.